The summed E-state index contributed by atoms with van der Waals surface area (Å²) >= 11 is 3.49. The molecule has 0 spiro atoms. The summed E-state index contributed by atoms with van der Waals surface area (Å²) in [6.45, 7) is 1.84. The predicted molar refractivity (Wildman–Crippen MR) is 62.7 cm³/mol. The summed E-state index contributed by atoms with van der Waals surface area (Å²) in [4.78, 5) is 0. The first-order valence-corrected chi connectivity index (χ1v) is 5.70. The lowest BCUT2D eigenvalue weighted by atomic mass is 9.99. The molecule has 0 fully saturated rings. The summed E-state index contributed by atoms with van der Waals surface area (Å²) in [5.41, 5.74) is 2.46. The minimum Gasteiger partial charge on any atom is -0.496 e. The van der Waals surface area contributed by atoms with Gasteiger partial charge in [0.25, 0.3) is 0 Å². The summed E-state index contributed by atoms with van der Waals surface area (Å²) in [6.07, 6.45) is 0.988. The number of halogens is 1. The molecule has 1 heterocycles. The highest BCUT2D eigenvalue weighted by Crippen LogP contribution is 2.38. The maximum atomic E-state index is 5.40. The van der Waals surface area contributed by atoms with Crippen molar-refractivity contribution in [3.05, 3.63) is 21.7 Å². The zero-order valence-electron chi connectivity index (χ0n) is 8.89. The number of rotatable bonds is 2. The van der Waals surface area contributed by atoms with E-state index in [2.05, 4.69) is 21.2 Å². The van der Waals surface area contributed by atoms with Gasteiger partial charge in [-0.2, -0.15) is 0 Å². The Hall–Kier alpha value is -0.740. The quantitative estimate of drug-likeness (QED) is 0.894. The molecular weight excluding hydrogens is 258 g/mol. The minimum atomic E-state index is 0.842. The standard InChI is InChI=1S/C11H14BrNO2/c1-14-10-5-9(12)11(15-2)8-6-13-4-3-7(8)10/h5,13H,3-4,6H2,1-2H3. The summed E-state index contributed by atoms with van der Waals surface area (Å²) in [5, 5.41) is 3.34. The van der Waals surface area contributed by atoms with Crippen LogP contribution in [0.15, 0.2) is 10.5 Å². The third kappa shape index (κ3) is 1.84. The number of benzene rings is 1. The Balaban J connectivity index is 2.60. The van der Waals surface area contributed by atoms with Crippen LogP contribution >= 0.6 is 15.9 Å². The Kier molecular flexibility index (Phi) is 3.17. The van der Waals surface area contributed by atoms with Gasteiger partial charge in [0.1, 0.15) is 11.5 Å². The molecule has 1 aromatic carbocycles. The minimum absolute atomic E-state index is 0.842. The van der Waals surface area contributed by atoms with E-state index in [4.69, 9.17) is 9.47 Å². The van der Waals surface area contributed by atoms with Crippen molar-refractivity contribution in [2.75, 3.05) is 20.8 Å². The van der Waals surface area contributed by atoms with Crippen molar-refractivity contribution in [2.24, 2.45) is 0 Å². The van der Waals surface area contributed by atoms with Crippen LogP contribution < -0.4 is 14.8 Å². The molecule has 0 bridgehead atoms. The van der Waals surface area contributed by atoms with E-state index in [0.717, 1.165) is 35.5 Å². The first-order valence-electron chi connectivity index (χ1n) is 4.91. The second-order valence-corrected chi connectivity index (χ2v) is 4.33. The Bertz CT molecular complexity index is 379. The maximum absolute atomic E-state index is 5.40. The van der Waals surface area contributed by atoms with Crippen molar-refractivity contribution >= 4 is 15.9 Å². The first-order chi connectivity index (χ1) is 7.27. The monoisotopic (exact) mass is 271 g/mol. The van der Waals surface area contributed by atoms with Crippen LogP contribution in [0.2, 0.25) is 0 Å². The van der Waals surface area contributed by atoms with Crippen LogP contribution in [0.25, 0.3) is 0 Å². The van der Waals surface area contributed by atoms with Gasteiger partial charge in [-0.05, 0) is 35.0 Å². The first kappa shape index (κ1) is 10.8. The van der Waals surface area contributed by atoms with Crippen molar-refractivity contribution in [1.82, 2.24) is 5.32 Å². The Morgan fingerprint density at radius 3 is 2.73 bits per heavy atom. The summed E-state index contributed by atoms with van der Waals surface area (Å²) < 4.78 is 11.7. The highest BCUT2D eigenvalue weighted by atomic mass is 79.9. The summed E-state index contributed by atoms with van der Waals surface area (Å²) in [5.74, 6) is 1.86. The number of hydrogen-bond acceptors (Lipinski definition) is 3. The topological polar surface area (TPSA) is 30.5 Å². The van der Waals surface area contributed by atoms with Crippen molar-refractivity contribution in [2.45, 2.75) is 13.0 Å². The lowest BCUT2D eigenvalue weighted by Gasteiger charge is -2.23. The second-order valence-electron chi connectivity index (χ2n) is 3.48. The van der Waals surface area contributed by atoms with Crippen molar-refractivity contribution < 1.29 is 9.47 Å². The van der Waals surface area contributed by atoms with Crippen LogP contribution in [0, 0.1) is 0 Å². The molecule has 1 N–H and O–H groups in total. The summed E-state index contributed by atoms with van der Waals surface area (Å²) in [6, 6.07) is 1.98. The molecule has 82 valence electrons. The molecule has 0 aliphatic carbocycles. The zero-order valence-corrected chi connectivity index (χ0v) is 10.5. The van der Waals surface area contributed by atoms with Crippen LogP contribution in [0.1, 0.15) is 11.1 Å². The molecular formula is C11H14BrNO2. The number of hydrogen-bond donors (Lipinski definition) is 1. The fraction of sp³-hybridized carbons (Fsp3) is 0.455. The van der Waals surface area contributed by atoms with E-state index in [1.807, 2.05) is 6.07 Å². The largest absolute Gasteiger partial charge is 0.496 e. The zero-order chi connectivity index (χ0) is 10.8. The van der Waals surface area contributed by atoms with Gasteiger partial charge in [0.05, 0.1) is 18.7 Å². The molecule has 0 aromatic heterocycles. The molecule has 4 heteroatoms. The molecule has 1 aliphatic heterocycles. The Morgan fingerprint density at radius 2 is 2.07 bits per heavy atom. The normalized spacial score (nSPS) is 14.6. The van der Waals surface area contributed by atoms with Crippen molar-refractivity contribution in [1.29, 1.82) is 0 Å². The van der Waals surface area contributed by atoms with Gasteiger partial charge in [-0.1, -0.05) is 0 Å². The van der Waals surface area contributed by atoms with Crippen LogP contribution in [0.3, 0.4) is 0 Å². The highest BCUT2D eigenvalue weighted by Gasteiger charge is 2.20. The fourth-order valence-corrected chi connectivity index (χ4v) is 2.60. The lowest BCUT2D eigenvalue weighted by molar-refractivity contribution is 0.385. The van der Waals surface area contributed by atoms with Gasteiger partial charge in [0.2, 0.25) is 0 Å². The van der Waals surface area contributed by atoms with Crippen molar-refractivity contribution in [3.63, 3.8) is 0 Å². The fourth-order valence-electron chi connectivity index (χ4n) is 1.99. The van der Waals surface area contributed by atoms with E-state index in [1.54, 1.807) is 14.2 Å². The van der Waals surface area contributed by atoms with Gasteiger partial charge in [-0.15, -0.1) is 0 Å². The molecule has 15 heavy (non-hydrogen) atoms. The molecule has 0 unspecified atom stereocenters. The number of nitrogens with one attached hydrogen (secondary N) is 1. The van der Waals surface area contributed by atoms with Gasteiger partial charge in [-0.3, -0.25) is 0 Å². The van der Waals surface area contributed by atoms with E-state index >= 15 is 0 Å². The molecule has 0 saturated heterocycles. The average Bonchev–Trinajstić information content (AvgIpc) is 2.28. The number of methoxy groups -OCH3 is 2. The van der Waals surface area contributed by atoms with E-state index in [1.165, 1.54) is 11.1 Å². The molecule has 1 aliphatic rings. The highest BCUT2D eigenvalue weighted by molar-refractivity contribution is 9.10. The van der Waals surface area contributed by atoms with E-state index in [0.29, 0.717) is 0 Å². The van der Waals surface area contributed by atoms with E-state index in [9.17, 15) is 0 Å². The maximum Gasteiger partial charge on any atom is 0.138 e. The van der Waals surface area contributed by atoms with Crippen LogP contribution in [0.4, 0.5) is 0 Å². The third-order valence-electron chi connectivity index (χ3n) is 2.69. The summed E-state index contributed by atoms with van der Waals surface area (Å²) in [7, 11) is 3.40. The van der Waals surface area contributed by atoms with Gasteiger partial charge >= 0.3 is 0 Å². The Labute approximate surface area is 97.9 Å². The van der Waals surface area contributed by atoms with Gasteiger partial charge in [-0.25, -0.2) is 0 Å². The van der Waals surface area contributed by atoms with Crippen molar-refractivity contribution in [3.8, 4) is 11.5 Å². The van der Waals surface area contributed by atoms with E-state index in [-0.39, 0.29) is 0 Å². The van der Waals surface area contributed by atoms with Crippen LogP contribution in [0.5, 0.6) is 11.5 Å². The second kappa shape index (κ2) is 4.41. The molecule has 0 amide bonds. The Morgan fingerprint density at radius 1 is 1.27 bits per heavy atom. The van der Waals surface area contributed by atoms with Gasteiger partial charge < -0.3 is 14.8 Å². The average molecular weight is 272 g/mol. The third-order valence-corrected chi connectivity index (χ3v) is 3.28. The number of fused-ring (bicyclic) bond motifs is 1. The molecule has 0 radical (unpaired) electrons. The molecule has 0 atom stereocenters. The van der Waals surface area contributed by atoms with Gasteiger partial charge in [0, 0.05) is 17.7 Å². The predicted octanol–water partition coefficient (Wildman–Crippen LogP) is 2.11. The van der Waals surface area contributed by atoms with E-state index < -0.39 is 0 Å². The number of ether oxygens (including phenoxy) is 2. The molecule has 2 rings (SSSR count). The SMILES string of the molecule is COc1cc(Br)c(OC)c2c1CCNC2. The van der Waals surface area contributed by atoms with Crippen LogP contribution in [-0.2, 0) is 13.0 Å². The molecule has 0 saturated carbocycles. The molecule has 3 nitrogen and oxygen atoms in total. The lowest BCUT2D eigenvalue weighted by Crippen LogP contribution is -2.24. The van der Waals surface area contributed by atoms with Gasteiger partial charge in [0.15, 0.2) is 0 Å². The molecule has 1 aromatic rings. The smallest absolute Gasteiger partial charge is 0.138 e. The van der Waals surface area contributed by atoms with Crippen LogP contribution in [-0.4, -0.2) is 20.8 Å².